The Morgan fingerprint density at radius 1 is 0.315 bits per heavy atom. The van der Waals surface area contributed by atoms with Gasteiger partial charge in [-0.15, -0.1) is 0 Å². The lowest BCUT2D eigenvalue weighted by atomic mass is 9.98. The largest absolute Gasteiger partial charge is 0.309 e. The Kier molecular flexibility index (Phi) is 7.85. The van der Waals surface area contributed by atoms with Crippen LogP contribution in [0.2, 0.25) is 0 Å². The number of hydrogen-bond donors (Lipinski definition) is 0. The molecule has 0 spiro atoms. The normalized spacial score (nSPS) is 11.3. The van der Waals surface area contributed by atoms with Gasteiger partial charge >= 0.3 is 0 Å². The maximum atomic E-state index is 2.44. The third-order valence-corrected chi connectivity index (χ3v) is 10.6. The molecule has 0 unspecified atom stereocenters. The van der Waals surface area contributed by atoms with Gasteiger partial charge in [0.05, 0.1) is 22.4 Å². The maximum absolute atomic E-state index is 2.44. The van der Waals surface area contributed by atoms with E-state index in [4.69, 9.17) is 0 Å². The van der Waals surface area contributed by atoms with E-state index in [1.807, 2.05) is 0 Å². The SMILES string of the molecule is c1ccc(-c2ccc(N(c3ccccc3-c3ccccc3)c3cccc4c3c3ccccc3n4-c3ccc(-c4cccc5ccccc45)cc3)cc2)cc1. The van der Waals surface area contributed by atoms with Gasteiger partial charge in [0.1, 0.15) is 0 Å². The molecule has 9 aromatic carbocycles. The van der Waals surface area contributed by atoms with E-state index in [9.17, 15) is 0 Å². The van der Waals surface area contributed by atoms with E-state index in [-0.39, 0.29) is 0 Å². The van der Waals surface area contributed by atoms with E-state index in [0.717, 1.165) is 28.3 Å². The zero-order valence-corrected chi connectivity index (χ0v) is 29.7. The van der Waals surface area contributed by atoms with Crippen LogP contribution in [0.3, 0.4) is 0 Å². The monoisotopic (exact) mass is 688 g/mol. The zero-order chi connectivity index (χ0) is 35.8. The number of para-hydroxylation sites is 2. The van der Waals surface area contributed by atoms with Crippen LogP contribution in [0.5, 0.6) is 0 Å². The quantitative estimate of drug-likeness (QED) is 0.162. The molecule has 10 aromatic rings. The first kappa shape index (κ1) is 31.6. The fourth-order valence-electron chi connectivity index (χ4n) is 8.10. The molecule has 2 heteroatoms. The number of nitrogens with zero attached hydrogens (tertiary/aromatic N) is 2. The number of aromatic nitrogens is 1. The molecule has 0 aliphatic rings. The average molecular weight is 689 g/mol. The lowest BCUT2D eigenvalue weighted by molar-refractivity contribution is 1.18. The summed E-state index contributed by atoms with van der Waals surface area (Å²) in [6.07, 6.45) is 0. The number of rotatable bonds is 7. The second kappa shape index (κ2) is 13.4. The van der Waals surface area contributed by atoms with Crippen molar-refractivity contribution in [2.75, 3.05) is 4.90 Å². The van der Waals surface area contributed by atoms with Crippen molar-refractivity contribution in [3.63, 3.8) is 0 Å². The predicted molar refractivity (Wildman–Crippen MR) is 229 cm³/mol. The molecule has 10 rings (SSSR count). The van der Waals surface area contributed by atoms with E-state index < -0.39 is 0 Å². The topological polar surface area (TPSA) is 8.17 Å². The van der Waals surface area contributed by atoms with Gasteiger partial charge in [0.25, 0.3) is 0 Å². The zero-order valence-electron chi connectivity index (χ0n) is 29.7. The Hall–Kier alpha value is -7.16. The molecular formula is C52H36N2. The van der Waals surface area contributed by atoms with Gasteiger partial charge in [-0.1, -0.05) is 170 Å². The Morgan fingerprint density at radius 3 is 1.63 bits per heavy atom. The third kappa shape index (κ3) is 5.44. The summed E-state index contributed by atoms with van der Waals surface area (Å²) < 4.78 is 2.42. The van der Waals surface area contributed by atoms with Gasteiger partial charge < -0.3 is 9.47 Å². The second-order valence-electron chi connectivity index (χ2n) is 13.7. The van der Waals surface area contributed by atoms with E-state index in [1.165, 1.54) is 60.4 Å². The van der Waals surface area contributed by atoms with E-state index in [1.54, 1.807) is 0 Å². The molecule has 0 N–H and O–H groups in total. The minimum Gasteiger partial charge on any atom is -0.309 e. The average Bonchev–Trinajstić information content (AvgIpc) is 3.60. The minimum atomic E-state index is 1.10. The summed E-state index contributed by atoms with van der Waals surface area (Å²) in [6, 6.07) is 78.8. The van der Waals surface area contributed by atoms with Crippen molar-refractivity contribution < 1.29 is 0 Å². The highest BCUT2D eigenvalue weighted by molar-refractivity contribution is 6.17. The lowest BCUT2D eigenvalue weighted by Gasteiger charge is -2.29. The molecule has 0 amide bonds. The van der Waals surface area contributed by atoms with Crippen LogP contribution in [0.4, 0.5) is 17.1 Å². The molecular weight excluding hydrogens is 653 g/mol. The van der Waals surface area contributed by atoms with Gasteiger partial charge in [-0.3, -0.25) is 0 Å². The fourth-order valence-corrected chi connectivity index (χ4v) is 8.10. The van der Waals surface area contributed by atoms with Gasteiger partial charge in [0.2, 0.25) is 0 Å². The van der Waals surface area contributed by atoms with E-state index in [0.29, 0.717) is 0 Å². The van der Waals surface area contributed by atoms with Crippen LogP contribution in [0.15, 0.2) is 218 Å². The minimum absolute atomic E-state index is 1.10. The van der Waals surface area contributed by atoms with Crippen LogP contribution in [0.25, 0.3) is 71.6 Å². The highest BCUT2D eigenvalue weighted by atomic mass is 15.1. The van der Waals surface area contributed by atoms with Crippen LogP contribution < -0.4 is 4.90 Å². The molecule has 0 aliphatic carbocycles. The summed E-state index contributed by atoms with van der Waals surface area (Å²) in [5, 5.41) is 4.94. The standard InChI is InChI=1S/C52H36N2/c1-3-15-37(16-4-1)38-29-33-42(34-30-38)53(48-25-11-9-22-46(48)40-17-5-2-6-18-40)50-27-14-28-51-52(50)47-23-10-12-26-49(47)54(51)43-35-31-41(32-36-43)45-24-13-20-39-19-7-8-21-44(39)45/h1-36H. The Morgan fingerprint density at radius 2 is 0.833 bits per heavy atom. The lowest BCUT2D eigenvalue weighted by Crippen LogP contribution is -2.11. The van der Waals surface area contributed by atoms with Crippen molar-refractivity contribution in [1.82, 2.24) is 4.57 Å². The summed E-state index contributed by atoms with van der Waals surface area (Å²) in [5.74, 6) is 0. The van der Waals surface area contributed by atoms with Crippen LogP contribution >= 0.6 is 0 Å². The van der Waals surface area contributed by atoms with Crippen LogP contribution in [0, 0.1) is 0 Å². The first-order valence-corrected chi connectivity index (χ1v) is 18.5. The molecule has 1 aromatic heterocycles. The highest BCUT2D eigenvalue weighted by Gasteiger charge is 2.23. The van der Waals surface area contributed by atoms with Gasteiger partial charge in [0, 0.05) is 27.7 Å². The molecule has 2 nitrogen and oxygen atoms in total. The molecule has 0 atom stereocenters. The van der Waals surface area contributed by atoms with Crippen LogP contribution in [0.1, 0.15) is 0 Å². The summed E-state index contributed by atoms with van der Waals surface area (Å²) in [4.78, 5) is 2.44. The van der Waals surface area contributed by atoms with E-state index in [2.05, 4.69) is 228 Å². The molecule has 0 aliphatic heterocycles. The smallest absolute Gasteiger partial charge is 0.0562 e. The van der Waals surface area contributed by atoms with Crippen LogP contribution in [-0.2, 0) is 0 Å². The van der Waals surface area contributed by atoms with Crippen molar-refractivity contribution in [3.05, 3.63) is 218 Å². The Bertz CT molecular complexity index is 2900. The number of fused-ring (bicyclic) bond motifs is 4. The number of hydrogen-bond acceptors (Lipinski definition) is 1. The van der Waals surface area contributed by atoms with Gasteiger partial charge in [0.15, 0.2) is 0 Å². The van der Waals surface area contributed by atoms with Gasteiger partial charge in [-0.05, 0) is 87.1 Å². The van der Waals surface area contributed by atoms with Gasteiger partial charge in [-0.25, -0.2) is 0 Å². The first-order valence-electron chi connectivity index (χ1n) is 18.5. The molecule has 0 saturated heterocycles. The molecule has 0 bridgehead atoms. The van der Waals surface area contributed by atoms with E-state index >= 15 is 0 Å². The molecule has 1 heterocycles. The van der Waals surface area contributed by atoms with Crippen molar-refractivity contribution in [3.8, 4) is 39.1 Å². The van der Waals surface area contributed by atoms with Crippen molar-refractivity contribution >= 4 is 49.6 Å². The third-order valence-electron chi connectivity index (χ3n) is 10.6. The first-order chi connectivity index (χ1) is 26.8. The molecule has 0 radical (unpaired) electrons. The maximum Gasteiger partial charge on any atom is 0.0562 e. The summed E-state index contributed by atoms with van der Waals surface area (Å²) >= 11 is 0. The Labute approximate surface area is 315 Å². The molecule has 0 saturated carbocycles. The predicted octanol–water partition coefficient (Wildman–Crippen LogP) is 14.4. The second-order valence-corrected chi connectivity index (χ2v) is 13.7. The fraction of sp³-hybridized carbons (Fsp3) is 0. The molecule has 254 valence electrons. The van der Waals surface area contributed by atoms with Gasteiger partial charge in [-0.2, -0.15) is 0 Å². The van der Waals surface area contributed by atoms with Crippen LogP contribution in [-0.4, -0.2) is 4.57 Å². The Balaban J connectivity index is 1.18. The summed E-state index contributed by atoms with van der Waals surface area (Å²) in [5.41, 5.74) is 14.0. The van der Waals surface area contributed by atoms with Crippen molar-refractivity contribution in [2.24, 2.45) is 0 Å². The summed E-state index contributed by atoms with van der Waals surface area (Å²) in [7, 11) is 0. The van der Waals surface area contributed by atoms with Crippen molar-refractivity contribution in [2.45, 2.75) is 0 Å². The molecule has 0 fully saturated rings. The van der Waals surface area contributed by atoms with Crippen molar-refractivity contribution in [1.29, 1.82) is 0 Å². The molecule has 54 heavy (non-hydrogen) atoms. The highest BCUT2D eigenvalue weighted by Crippen LogP contribution is 2.46. The number of benzene rings is 9. The summed E-state index contributed by atoms with van der Waals surface area (Å²) in [6.45, 7) is 0. The number of anilines is 3.